The maximum atomic E-state index is 12.5. The number of ketones is 1. The minimum atomic E-state index is -3.35. The van der Waals surface area contributed by atoms with Crippen molar-refractivity contribution >= 4 is 50.0 Å². The van der Waals surface area contributed by atoms with Crippen LogP contribution in [0.5, 0.6) is 0 Å². The van der Waals surface area contributed by atoms with E-state index in [0.717, 1.165) is 10.9 Å². The number of hydrogen-bond donors (Lipinski definition) is 0. The molecule has 0 radical (unpaired) electrons. The number of carbonyl (C=O) groups is 2. The fourth-order valence-electron chi connectivity index (χ4n) is 3.52. The van der Waals surface area contributed by atoms with E-state index in [1.807, 2.05) is 0 Å². The van der Waals surface area contributed by atoms with Crippen molar-refractivity contribution in [1.82, 2.24) is 4.98 Å². The average molecular weight is 459 g/mol. The van der Waals surface area contributed by atoms with Crippen LogP contribution in [0.1, 0.15) is 33.2 Å². The molecule has 1 aliphatic heterocycles. The summed E-state index contributed by atoms with van der Waals surface area (Å²) in [7, 11) is -3.35. The summed E-state index contributed by atoms with van der Waals surface area (Å²) in [6.07, 6.45) is 0.532. The molecule has 2 heterocycles. The van der Waals surface area contributed by atoms with E-state index in [0.29, 0.717) is 40.4 Å². The second kappa shape index (κ2) is 8.28. The van der Waals surface area contributed by atoms with Crippen LogP contribution >= 0.6 is 11.6 Å². The van der Waals surface area contributed by atoms with Gasteiger partial charge in [0.2, 0.25) is 10.0 Å². The number of ether oxygens (including phenoxy) is 1. The highest BCUT2D eigenvalue weighted by molar-refractivity contribution is 7.92. The van der Waals surface area contributed by atoms with Crippen LogP contribution in [0.4, 0.5) is 5.69 Å². The van der Waals surface area contributed by atoms with Crippen molar-refractivity contribution in [3.05, 3.63) is 70.4 Å². The number of anilines is 1. The number of nitrogens with zero attached hydrogens (tertiary/aromatic N) is 2. The summed E-state index contributed by atoms with van der Waals surface area (Å²) in [5.41, 5.74) is 2.71. The Morgan fingerprint density at radius 2 is 1.87 bits per heavy atom. The molecule has 0 amide bonds. The summed E-state index contributed by atoms with van der Waals surface area (Å²) >= 11 is 5.86. The number of pyridine rings is 1. The molecule has 2 aromatic carbocycles. The van der Waals surface area contributed by atoms with Crippen LogP contribution in [0.2, 0.25) is 5.15 Å². The fourth-order valence-corrected chi connectivity index (χ4v) is 4.83. The van der Waals surface area contributed by atoms with E-state index in [-0.39, 0.29) is 11.5 Å². The van der Waals surface area contributed by atoms with Crippen LogP contribution in [-0.2, 0) is 21.2 Å². The first kappa shape index (κ1) is 21.3. The van der Waals surface area contributed by atoms with Gasteiger partial charge in [-0.15, -0.1) is 0 Å². The van der Waals surface area contributed by atoms with Gasteiger partial charge in [-0.2, -0.15) is 0 Å². The van der Waals surface area contributed by atoms with Gasteiger partial charge in [0.1, 0.15) is 5.15 Å². The van der Waals surface area contributed by atoms with Gasteiger partial charge in [0.05, 0.1) is 22.5 Å². The number of aromatic nitrogens is 1. The molecule has 0 N–H and O–H groups in total. The first-order valence-corrected chi connectivity index (χ1v) is 11.7. The Kier molecular flexibility index (Phi) is 5.68. The summed E-state index contributed by atoms with van der Waals surface area (Å²) in [4.78, 5) is 29.1. The van der Waals surface area contributed by atoms with Gasteiger partial charge >= 0.3 is 5.97 Å². The van der Waals surface area contributed by atoms with Gasteiger partial charge in [-0.3, -0.25) is 9.10 Å². The predicted molar refractivity (Wildman–Crippen MR) is 118 cm³/mol. The lowest BCUT2D eigenvalue weighted by Gasteiger charge is -2.18. The molecule has 31 heavy (non-hydrogen) atoms. The van der Waals surface area contributed by atoms with Crippen molar-refractivity contribution in [1.29, 1.82) is 0 Å². The molecule has 0 saturated carbocycles. The number of esters is 1. The summed E-state index contributed by atoms with van der Waals surface area (Å²) in [5, 5.41) is 1.09. The van der Waals surface area contributed by atoms with Crippen LogP contribution < -0.4 is 4.31 Å². The largest absolute Gasteiger partial charge is 0.454 e. The minimum absolute atomic E-state index is 0.0148. The highest BCUT2D eigenvalue weighted by Gasteiger charge is 2.28. The molecule has 0 atom stereocenters. The van der Waals surface area contributed by atoms with E-state index in [1.54, 1.807) is 55.5 Å². The molecule has 0 fully saturated rings. The number of Topliss-reactive ketones (excluding diaryl/α,β-unsaturated/α-hetero) is 1. The van der Waals surface area contributed by atoms with Crippen LogP contribution in [0.25, 0.3) is 10.9 Å². The third kappa shape index (κ3) is 4.26. The van der Waals surface area contributed by atoms with Crippen LogP contribution in [0, 0.1) is 0 Å². The third-order valence-corrected chi connectivity index (χ3v) is 7.17. The molecule has 0 saturated heterocycles. The number of halogens is 1. The second-order valence-corrected chi connectivity index (χ2v) is 9.68. The van der Waals surface area contributed by atoms with Crippen molar-refractivity contribution in [3.63, 3.8) is 0 Å². The highest BCUT2D eigenvalue weighted by atomic mass is 35.5. The Hall–Kier alpha value is -2.97. The minimum Gasteiger partial charge on any atom is -0.454 e. The summed E-state index contributed by atoms with van der Waals surface area (Å²) in [6.45, 7) is 1.55. The van der Waals surface area contributed by atoms with Crippen LogP contribution in [-0.4, -0.2) is 44.1 Å². The molecule has 4 rings (SSSR count). The molecular formula is C22H19ClN2O5S. The standard InChI is InChI=1S/C22H19ClN2O5S/c1-2-31(28,29)25-10-9-15-12-16(4-7-19(15)25)20(26)13-30-22(27)17-3-6-18-14(11-17)5-8-21(23)24-18/h3-8,11-12H,2,9-10,13H2,1H3. The number of sulfonamides is 1. The smallest absolute Gasteiger partial charge is 0.338 e. The number of benzene rings is 2. The van der Waals surface area contributed by atoms with E-state index in [9.17, 15) is 18.0 Å². The second-order valence-electron chi connectivity index (χ2n) is 7.11. The number of carbonyl (C=O) groups excluding carboxylic acids is 2. The Morgan fingerprint density at radius 3 is 2.65 bits per heavy atom. The molecule has 0 bridgehead atoms. The number of fused-ring (bicyclic) bond motifs is 2. The van der Waals surface area contributed by atoms with Gasteiger partial charge in [-0.05, 0) is 67.4 Å². The molecule has 0 aliphatic carbocycles. The first-order chi connectivity index (χ1) is 14.8. The Bertz CT molecular complexity index is 1310. The van der Waals surface area contributed by atoms with Gasteiger partial charge in [0.25, 0.3) is 0 Å². The van der Waals surface area contributed by atoms with Gasteiger partial charge < -0.3 is 4.74 Å². The number of hydrogen-bond acceptors (Lipinski definition) is 6. The maximum absolute atomic E-state index is 12.5. The van der Waals surface area contributed by atoms with Gasteiger partial charge in [-0.25, -0.2) is 18.2 Å². The lowest BCUT2D eigenvalue weighted by molar-refractivity contribution is 0.0475. The van der Waals surface area contributed by atoms with Crippen molar-refractivity contribution in [3.8, 4) is 0 Å². The van der Waals surface area contributed by atoms with Gasteiger partial charge in [-0.1, -0.05) is 11.6 Å². The molecule has 0 spiro atoms. The average Bonchev–Trinajstić information content (AvgIpc) is 3.21. The lowest BCUT2D eigenvalue weighted by atomic mass is 10.1. The number of rotatable bonds is 6. The van der Waals surface area contributed by atoms with Crippen LogP contribution in [0.3, 0.4) is 0 Å². The van der Waals surface area contributed by atoms with Gasteiger partial charge in [0, 0.05) is 17.5 Å². The SMILES string of the molecule is CCS(=O)(=O)N1CCc2cc(C(=O)COC(=O)c3ccc4nc(Cl)ccc4c3)ccc21. The fraction of sp³-hybridized carbons (Fsp3) is 0.227. The van der Waals surface area contributed by atoms with Crippen molar-refractivity contribution in [2.24, 2.45) is 0 Å². The highest BCUT2D eigenvalue weighted by Crippen LogP contribution is 2.31. The lowest BCUT2D eigenvalue weighted by Crippen LogP contribution is -2.30. The Morgan fingerprint density at radius 1 is 1.10 bits per heavy atom. The van der Waals surface area contributed by atoms with Crippen molar-refractivity contribution < 1.29 is 22.7 Å². The van der Waals surface area contributed by atoms with Gasteiger partial charge in [0.15, 0.2) is 12.4 Å². The Balaban J connectivity index is 1.44. The van der Waals surface area contributed by atoms with E-state index < -0.39 is 22.6 Å². The molecular weight excluding hydrogens is 440 g/mol. The topological polar surface area (TPSA) is 93.6 Å². The van der Waals surface area contributed by atoms with E-state index in [2.05, 4.69) is 4.98 Å². The Labute approximate surface area is 184 Å². The molecule has 9 heteroatoms. The molecule has 160 valence electrons. The predicted octanol–water partition coefficient (Wildman–Crippen LogP) is 3.64. The first-order valence-electron chi connectivity index (χ1n) is 9.68. The quantitative estimate of drug-likeness (QED) is 0.318. The summed E-state index contributed by atoms with van der Waals surface area (Å²) in [6, 6.07) is 13.1. The van der Waals surface area contributed by atoms with Crippen molar-refractivity contribution in [2.45, 2.75) is 13.3 Å². The zero-order valence-electron chi connectivity index (χ0n) is 16.7. The van der Waals surface area contributed by atoms with Crippen LogP contribution in [0.15, 0.2) is 48.5 Å². The zero-order chi connectivity index (χ0) is 22.2. The monoisotopic (exact) mass is 458 g/mol. The molecule has 1 aromatic heterocycles. The summed E-state index contributed by atoms with van der Waals surface area (Å²) < 4.78 is 30.9. The van der Waals surface area contributed by atoms with E-state index in [4.69, 9.17) is 16.3 Å². The molecule has 0 unspecified atom stereocenters. The maximum Gasteiger partial charge on any atom is 0.338 e. The molecule has 7 nitrogen and oxygen atoms in total. The zero-order valence-corrected chi connectivity index (χ0v) is 18.2. The van der Waals surface area contributed by atoms with E-state index >= 15 is 0 Å². The molecule has 3 aromatic rings. The molecule has 1 aliphatic rings. The third-order valence-electron chi connectivity index (χ3n) is 5.18. The normalized spacial score (nSPS) is 13.3. The van der Waals surface area contributed by atoms with E-state index in [1.165, 1.54) is 4.31 Å². The summed E-state index contributed by atoms with van der Waals surface area (Å²) in [5.74, 6) is -0.963. The van der Waals surface area contributed by atoms with Crippen molar-refractivity contribution in [2.75, 3.05) is 23.2 Å².